The van der Waals surface area contributed by atoms with E-state index in [4.69, 9.17) is 4.74 Å². The third kappa shape index (κ3) is 2.33. The monoisotopic (exact) mass is 321 g/mol. The summed E-state index contributed by atoms with van der Waals surface area (Å²) in [6.45, 7) is 2.13. The van der Waals surface area contributed by atoms with Crippen molar-refractivity contribution in [2.24, 2.45) is 0 Å². The number of anilines is 1. The number of benzene rings is 2. The number of sulfonamides is 1. The van der Waals surface area contributed by atoms with Crippen LogP contribution in [0.2, 0.25) is 0 Å². The van der Waals surface area contributed by atoms with Crippen LogP contribution in [-0.4, -0.2) is 22.1 Å². The Balaban J connectivity index is 2.12. The molecule has 1 aliphatic heterocycles. The summed E-state index contributed by atoms with van der Waals surface area (Å²) in [4.78, 5) is 0.132. The van der Waals surface area contributed by atoms with Crippen molar-refractivity contribution in [3.05, 3.63) is 53.3 Å². The van der Waals surface area contributed by atoms with E-state index in [0.717, 1.165) is 5.56 Å². The molecular formula is C16H16FNO3S. The van der Waals surface area contributed by atoms with E-state index >= 15 is 0 Å². The predicted octanol–water partition coefficient (Wildman–Crippen LogP) is 2.89. The molecule has 0 bridgehead atoms. The van der Waals surface area contributed by atoms with Gasteiger partial charge in [0, 0.05) is 6.54 Å². The molecule has 0 saturated carbocycles. The molecule has 22 heavy (non-hydrogen) atoms. The normalized spacial score (nSPS) is 14.0. The molecule has 1 aliphatic rings. The lowest BCUT2D eigenvalue weighted by molar-refractivity contribution is 0.402. The van der Waals surface area contributed by atoms with Crippen molar-refractivity contribution in [3.8, 4) is 5.75 Å². The van der Waals surface area contributed by atoms with Crippen LogP contribution >= 0.6 is 0 Å². The number of hydrogen-bond acceptors (Lipinski definition) is 3. The first kappa shape index (κ1) is 14.8. The molecule has 0 amide bonds. The summed E-state index contributed by atoms with van der Waals surface area (Å²) in [5, 5.41) is 0. The van der Waals surface area contributed by atoms with Gasteiger partial charge in [-0.1, -0.05) is 6.07 Å². The summed E-state index contributed by atoms with van der Waals surface area (Å²) in [5.74, 6) is -0.0488. The number of aryl methyl sites for hydroxylation is 1. The molecule has 116 valence electrons. The molecule has 2 aromatic carbocycles. The lowest BCUT2D eigenvalue weighted by atomic mass is 10.2. The van der Waals surface area contributed by atoms with Crippen LogP contribution in [0.25, 0.3) is 0 Å². The fourth-order valence-electron chi connectivity index (χ4n) is 2.69. The zero-order chi connectivity index (χ0) is 15.9. The highest BCUT2D eigenvalue weighted by atomic mass is 32.2. The molecule has 0 atom stereocenters. The molecule has 0 saturated heterocycles. The lowest BCUT2D eigenvalue weighted by Crippen LogP contribution is -2.29. The highest BCUT2D eigenvalue weighted by molar-refractivity contribution is 7.93. The first-order valence-electron chi connectivity index (χ1n) is 6.89. The van der Waals surface area contributed by atoms with Crippen molar-refractivity contribution in [2.75, 3.05) is 18.0 Å². The lowest BCUT2D eigenvalue weighted by Gasteiger charge is -2.21. The third-order valence-electron chi connectivity index (χ3n) is 3.78. The number of fused-ring (bicyclic) bond motifs is 1. The number of nitrogens with zero attached hydrogens (tertiary/aromatic N) is 1. The molecule has 0 radical (unpaired) electrons. The second-order valence-electron chi connectivity index (χ2n) is 5.25. The topological polar surface area (TPSA) is 46.6 Å². The highest BCUT2D eigenvalue weighted by Crippen LogP contribution is 2.36. The van der Waals surface area contributed by atoms with Crippen molar-refractivity contribution < 1.29 is 17.5 Å². The minimum absolute atomic E-state index is 0.132. The maximum Gasteiger partial charge on any atom is 0.268 e. The van der Waals surface area contributed by atoms with Crippen LogP contribution in [0, 0.1) is 12.7 Å². The van der Waals surface area contributed by atoms with Crippen LogP contribution in [0.15, 0.2) is 41.3 Å². The number of hydrogen-bond donors (Lipinski definition) is 0. The Bertz CT molecular complexity index is 833. The van der Waals surface area contributed by atoms with Gasteiger partial charge in [-0.15, -0.1) is 0 Å². The number of methoxy groups -OCH3 is 1. The summed E-state index contributed by atoms with van der Waals surface area (Å²) < 4.78 is 45.7. The molecule has 0 aliphatic carbocycles. The van der Waals surface area contributed by atoms with Crippen molar-refractivity contribution in [2.45, 2.75) is 18.2 Å². The van der Waals surface area contributed by atoms with Gasteiger partial charge in [0.2, 0.25) is 0 Å². The van der Waals surface area contributed by atoms with E-state index in [1.165, 1.54) is 29.6 Å². The summed E-state index contributed by atoms with van der Waals surface area (Å²) in [6, 6.07) is 9.21. The molecule has 0 unspecified atom stereocenters. The van der Waals surface area contributed by atoms with Gasteiger partial charge in [0.15, 0.2) is 0 Å². The summed E-state index contributed by atoms with van der Waals surface area (Å²) in [6.07, 6.45) is 0.500. The second kappa shape index (κ2) is 5.28. The van der Waals surface area contributed by atoms with Crippen LogP contribution < -0.4 is 9.04 Å². The molecule has 0 fully saturated rings. The fraction of sp³-hybridized carbons (Fsp3) is 0.250. The first-order chi connectivity index (χ1) is 10.4. The number of ether oxygens (including phenoxy) is 1. The Morgan fingerprint density at radius 1 is 1.18 bits per heavy atom. The highest BCUT2D eigenvalue weighted by Gasteiger charge is 2.33. The molecule has 0 spiro atoms. The Morgan fingerprint density at radius 2 is 1.95 bits per heavy atom. The summed E-state index contributed by atoms with van der Waals surface area (Å²) in [5.41, 5.74) is 2.07. The molecule has 0 aromatic heterocycles. The van der Waals surface area contributed by atoms with Crippen molar-refractivity contribution in [1.82, 2.24) is 0 Å². The average Bonchev–Trinajstić information content (AvgIpc) is 2.90. The van der Waals surface area contributed by atoms with E-state index < -0.39 is 10.0 Å². The molecule has 2 aromatic rings. The molecular weight excluding hydrogens is 305 g/mol. The maximum absolute atomic E-state index is 13.3. The van der Waals surface area contributed by atoms with Crippen molar-refractivity contribution in [3.63, 3.8) is 0 Å². The predicted molar refractivity (Wildman–Crippen MR) is 82.4 cm³/mol. The van der Waals surface area contributed by atoms with Gasteiger partial charge in [-0.05, 0) is 54.8 Å². The zero-order valence-corrected chi connectivity index (χ0v) is 13.2. The van der Waals surface area contributed by atoms with Gasteiger partial charge >= 0.3 is 0 Å². The molecule has 0 N–H and O–H groups in total. The minimum atomic E-state index is -3.74. The summed E-state index contributed by atoms with van der Waals surface area (Å²) in [7, 11) is -2.30. The Morgan fingerprint density at radius 3 is 2.68 bits per heavy atom. The minimum Gasteiger partial charge on any atom is -0.495 e. The van der Waals surface area contributed by atoms with Crippen LogP contribution in [0.5, 0.6) is 5.75 Å². The van der Waals surface area contributed by atoms with Gasteiger partial charge in [0.25, 0.3) is 10.0 Å². The standard InChI is InChI=1S/C16H16FNO3S/c1-11-3-6-15(21-2)16(9-11)22(19,20)18-8-7-12-10-13(17)4-5-14(12)18/h3-6,9-10H,7-8H2,1-2H3. The molecule has 1 heterocycles. The Hall–Kier alpha value is -2.08. The third-order valence-corrected chi connectivity index (χ3v) is 5.62. The van der Waals surface area contributed by atoms with Gasteiger partial charge in [0.1, 0.15) is 16.5 Å². The van der Waals surface area contributed by atoms with E-state index in [1.54, 1.807) is 18.2 Å². The summed E-state index contributed by atoms with van der Waals surface area (Å²) >= 11 is 0. The first-order valence-corrected chi connectivity index (χ1v) is 8.33. The smallest absolute Gasteiger partial charge is 0.268 e. The van der Waals surface area contributed by atoms with Gasteiger partial charge in [-0.2, -0.15) is 0 Å². The SMILES string of the molecule is COc1ccc(C)cc1S(=O)(=O)N1CCc2cc(F)ccc21. The van der Waals surface area contributed by atoms with Crippen LogP contribution in [0.1, 0.15) is 11.1 Å². The van der Waals surface area contributed by atoms with Gasteiger partial charge in [-0.25, -0.2) is 12.8 Å². The Labute approximate surface area is 129 Å². The largest absolute Gasteiger partial charge is 0.495 e. The van der Waals surface area contributed by atoms with E-state index in [-0.39, 0.29) is 10.7 Å². The van der Waals surface area contributed by atoms with Crippen LogP contribution in [0.3, 0.4) is 0 Å². The number of halogens is 1. The van der Waals surface area contributed by atoms with E-state index in [0.29, 0.717) is 30.0 Å². The quantitative estimate of drug-likeness (QED) is 0.873. The maximum atomic E-state index is 13.3. The average molecular weight is 321 g/mol. The Kier molecular flexibility index (Phi) is 3.56. The van der Waals surface area contributed by atoms with E-state index in [9.17, 15) is 12.8 Å². The van der Waals surface area contributed by atoms with Gasteiger partial charge < -0.3 is 4.74 Å². The second-order valence-corrected chi connectivity index (χ2v) is 7.09. The van der Waals surface area contributed by atoms with Crippen LogP contribution in [-0.2, 0) is 16.4 Å². The molecule has 4 nitrogen and oxygen atoms in total. The fourth-order valence-corrected chi connectivity index (χ4v) is 4.44. The molecule has 3 rings (SSSR count). The van der Waals surface area contributed by atoms with Crippen molar-refractivity contribution >= 4 is 15.7 Å². The van der Waals surface area contributed by atoms with Crippen molar-refractivity contribution in [1.29, 1.82) is 0 Å². The molecule has 6 heteroatoms. The van der Waals surface area contributed by atoms with E-state index in [2.05, 4.69) is 0 Å². The van der Waals surface area contributed by atoms with Crippen LogP contribution in [0.4, 0.5) is 10.1 Å². The van der Waals surface area contributed by atoms with E-state index in [1.807, 2.05) is 6.92 Å². The number of rotatable bonds is 3. The van der Waals surface area contributed by atoms with Gasteiger partial charge in [-0.3, -0.25) is 4.31 Å². The zero-order valence-electron chi connectivity index (χ0n) is 12.3. The van der Waals surface area contributed by atoms with Gasteiger partial charge in [0.05, 0.1) is 12.8 Å².